The summed E-state index contributed by atoms with van der Waals surface area (Å²) in [6.45, 7) is 7.90. The zero-order valence-corrected chi connectivity index (χ0v) is 22.4. The zero-order chi connectivity index (χ0) is 26.5. The molecule has 0 atom stereocenters. The first-order chi connectivity index (χ1) is 16.8. The highest BCUT2D eigenvalue weighted by Crippen LogP contribution is 2.46. The van der Waals surface area contributed by atoms with E-state index in [9.17, 15) is 14.0 Å². The summed E-state index contributed by atoms with van der Waals surface area (Å²) in [6.07, 6.45) is 4.76. The minimum atomic E-state index is -0.555. The summed E-state index contributed by atoms with van der Waals surface area (Å²) in [6, 6.07) is 6.68. The number of nitrogens with one attached hydrogen (secondary N) is 1. The Morgan fingerprint density at radius 3 is 2.36 bits per heavy atom. The van der Waals surface area contributed by atoms with E-state index < -0.39 is 5.41 Å². The highest BCUT2D eigenvalue weighted by molar-refractivity contribution is 5.97. The van der Waals surface area contributed by atoms with Crippen molar-refractivity contribution in [2.24, 2.45) is 5.41 Å². The number of anilines is 2. The maximum Gasteiger partial charge on any atom is 0.322 e. The van der Waals surface area contributed by atoms with Gasteiger partial charge in [0.1, 0.15) is 5.82 Å². The van der Waals surface area contributed by atoms with Crippen LogP contribution in [0, 0.1) is 18.2 Å². The second-order valence-corrected chi connectivity index (χ2v) is 11.5. The van der Waals surface area contributed by atoms with Crippen molar-refractivity contribution < 1.29 is 14.0 Å². The van der Waals surface area contributed by atoms with E-state index in [1.807, 2.05) is 47.9 Å². The summed E-state index contributed by atoms with van der Waals surface area (Å²) < 4.78 is 14.0. The molecule has 1 saturated heterocycles. The van der Waals surface area contributed by atoms with Gasteiger partial charge in [-0.3, -0.25) is 19.5 Å². The Morgan fingerprint density at radius 1 is 1.14 bits per heavy atom. The number of urea groups is 1. The van der Waals surface area contributed by atoms with Crippen LogP contribution >= 0.6 is 0 Å². The summed E-state index contributed by atoms with van der Waals surface area (Å²) in [5.74, 6) is -0.00506. The number of benzene rings is 1. The van der Waals surface area contributed by atoms with E-state index in [1.165, 1.54) is 11.0 Å². The van der Waals surface area contributed by atoms with Gasteiger partial charge in [-0.15, -0.1) is 0 Å². The Bertz CT molecular complexity index is 1170. The minimum absolute atomic E-state index is 0.0857. The van der Waals surface area contributed by atoms with Crippen molar-refractivity contribution in [1.82, 2.24) is 20.2 Å². The van der Waals surface area contributed by atoms with Gasteiger partial charge in [0.25, 0.3) is 0 Å². The molecule has 0 unspecified atom stereocenters. The van der Waals surface area contributed by atoms with Crippen molar-refractivity contribution in [3.05, 3.63) is 47.5 Å². The molecular weight excluding hydrogens is 459 g/mol. The molecule has 194 valence electrons. The Balaban J connectivity index is 1.53. The molecule has 1 spiro atoms. The molecule has 1 aromatic heterocycles. The van der Waals surface area contributed by atoms with Gasteiger partial charge in [-0.1, -0.05) is 32.9 Å². The number of hydrogen-bond acceptors (Lipinski definition) is 5. The highest BCUT2D eigenvalue weighted by atomic mass is 19.1. The van der Waals surface area contributed by atoms with Crippen LogP contribution in [-0.2, 0) is 10.3 Å². The van der Waals surface area contributed by atoms with Crippen molar-refractivity contribution in [2.75, 3.05) is 37.5 Å². The zero-order valence-electron chi connectivity index (χ0n) is 22.4. The van der Waals surface area contributed by atoms with E-state index in [2.05, 4.69) is 20.2 Å². The summed E-state index contributed by atoms with van der Waals surface area (Å²) in [5, 5.41) is 3.23. The molecule has 1 N–H and O–H groups in total. The third kappa shape index (κ3) is 4.56. The van der Waals surface area contributed by atoms with Gasteiger partial charge in [0.15, 0.2) is 0 Å². The Morgan fingerprint density at radius 2 is 1.81 bits per heavy atom. The van der Waals surface area contributed by atoms with Crippen molar-refractivity contribution in [3.8, 4) is 0 Å². The predicted octanol–water partition coefficient (Wildman–Crippen LogP) is 4.23. The average molecular weight is 497 g/mol. The fourth-order valence-electron chi connectivity index (χ4n) is 5.57. The lowest BCUT2D eigenvalue weighted by Gasteiger charge is -2.48. The van der Waals surface area contributed by atoms with Crippen LogP contribution in [0.25, 0.3) is 0 Å². The second kappa shape index (κ2) is 9.10. The number of rotatable bonds is 4. The molecule has 8 nitrogen and oxygen atoms in total. The average Bonchev–Trinajstić information content (AvgIpc) is 3.13. The molecule has 1 saturated carbocycles. The molecule has 0 bridgehead atoms. The number of carbonyl (C=O) groups excluding carboxylic acids is 2. The lowest BCUT2D eigenvalue weighted by Crippen LogP contribution is -2.54. The number of amides is 3. The summed E-state index contributed by atoms with van der Waals surface area (Å²) in [7, 11) is 5.73. The standard InChI is InChI=1S/C27H37FN6O2/c1-18-21(16-29-23(30-18)33(7)22(35)25(2,3)4)34-17-26(31-24(34)36)11-13-27(14-12-26,32(5)6)19-9-8-10-20(28)15-19/h8-10,15-16H,11-14,17H2,1-7H3,(H,31,36). The van der Waals surface area contributed by atoms with Crippen LogP contribution in [0.3, 0.4) is 0 Å². The first-order valence-corrected chi connectivity index (χ1v) is 12.4. The van der Waals surface area contributed by atoms with Crippen LogP contribution in [0.5, 0.6) is 0 Å². The first-order valence-electron chi connectivity index (χ1n) is 12.4. The second-order valence-electron chi connectivity index (χ2n) is 11.5. The Labute approximate surface area is 212 Å². The lowest BCUT2D eigenvalue weighted by atomic mass is 9.69. The van der Waals surface area contributed by atoms with Crippen LogP contribution in [-0.4, -0.2) is 60.0 Å². The van der Waals surface area contributed by atoms with Crippen molar-refractivity contribution in [3.63, 3.8) is 0 Å². The molecule has 2 heterocycles. The molecule has 1 aromatic carbocycles. The Kier molecular flexibility index (Phi) is 6.58. The molecule has 1 aliphatic carbocycles. The molecular formula is C27H37FN6O2. The number of carbonyl (C=O) groups is 2. The van der Waals surface area contributed by atoms with Crippen molar-refractivity contribution >= 4 is 23.6 Å². The van der Waals surface area contributed by atoms with Gasteiger partial charge < -0.3 is 5.32 Å². The third-order valence-electron chi connectivity index (χ3n) is 7.81. The fraction of sp³-hybridized carbons (Fsp3) is 0.556. The number of nitrogens with zero attached hydrogens (tertiary/aromatic N) is 5. The van der Waals surface area contributed by atoms with Gasteiger partial charge in [-0.25, -0.2) is 19.2 Å². The summed E-state index contributed by atoms with van der Waals surface area (Å²) in [5.41, 5.74) is 1.04. The summed E-state index contributed by atoms with van der Waals surface area (Å²) in [4.78, 5) is 40.0. The van der Waals surface area contributed by atoms with Crippen molar-refractivity contribution in [1.29, 1.82) is 0 Å². The quantitative estimate of drug-likeness (QED) is 0.685. The van der Waals surface area contributed by atoms with Crippen LogP contribution < -0.4 is 15.1 Å². The molecule has 2 aliphatic rings. The van der Waals surface area contributed by atoms with Gasteiger partial charge in [0, 0.05) is 18.0 Å². The van der Waals surface area contributed by atoms with Gasteiger partial charge in [0.2, 0.25) is 11.9 Å². The molecule has 2 fully saturated rings. The van der Waals surface area contributed by atoms with E-state index in [0.717, 1.165) is 31.2 Å². The molecule has 9 heteroatoms. The molecule has 4 rings (SSSR count). The van der Waals surface area contributed by atoms with Crippen LogP contribution in [0.4, 0.5) is 20.8 Å². The maximum atomic E-state index is 14.0. The normalized spacial score (nSPS) is 24.4. The van der Waals surface area contributed by atoms with Gasteiger partial charge in [0.05, 0.1) is 29.7 Å². The first kappa shape index (κ1) is 26.0. The predicted molar refractivity (Wildman–Crippen MR) is 138 cm³/mol. The highest BCUT2D eigenvalue weighted by Gasteiger charge is 2.50. The number of halogens is 1. The lowest BCUT2D eigenvalue weighted by molar-refractivity contribution is -0.125. The van der Waals surface area contributed by atoms with E-state index >= 15 is 0 Å². The van der Waals surface area contributed by atoms with Gasteiger partial charge in [-0.05, 0) is 64.4 Å². The van der Waals surface area contributed by atoms with Crippen LogP contribution in [0.15, 0.2) is 30.5 Å². The SMILES string of the molecule is Cc1nc(N(C)C(=O)C(C)(C)C)ncc1N1CC2(CCC(c3cccc(F)c3)(N(C)C)CC2)NC1=O. The topological polar surface area (TPSA) is 81.7 Å². The minimum Gasteiger partial charge on any atom is -0.330 e. The number of hydrogen-bond donors (Lipinski definition) is 1. The Hall–Kier alpha value is -3.07. The fourth-order valence-corrected chi connectivity index (χ4v) is 5.57. The molecule has 2 aromatic rings. The monoisotopic (exact) mass is 496 g/mol. The number of aryl methyl sites for hydroxylation is 1. The molecule has 36 heavy (non-hydrogen) atoms. The van der Waals surface area contributed by atoms with E-state index in [-0.39, 0.29) is 28.8 Å². The van der Waals surface area contributed by atoms with Crippen molar-refractivity contribution in [2.45, 2.75) is 64.5 Å². The van der Waals surface area contributed by atoms with Crippen LogP contribution in [0.1, 0.15) is 57.7 Å². The molecule has 3 amide bonds. The largest absolute Gasteiger partial charge is 0.330 e. The molecule has 0 radical (unpaired) electrons. The third-order valence-corrected chi connectivity index (χ3v) is 7.81. The maximum absolute atomic E-state index is 14.0. The van der Waals surface area contributed by atoms with E-state index in [0.29, 0.717) is 23.9 Å². The molecule has 1 aliphatic heterocycles. The van der Waals surface area contributed by atoms with Gasteiger partial charge >= 0.3 is 6.03 Å². The number of aromatic nitrogens is 2. The van der Waals surface area contributed by atoms with Crippen LogP contribution in [0.2, 0.25) is 0 Å². The smallest absolute Gasteiger partial charge is 0.322 e. The van der Waals surface area contributed by atoms with Gasteiger partial charge in [-0.2, -0.15) is 0 Å². The summed E-state index contributed by atoms with van der Waals surface area (Å²) >= 11 is 0. The van der Waals surface area contributed by atoms with E-state index in [4.69, 9.17) is 0 Å². The van der Waals surface area contributed by atoms with E-state index in [1.54, 1.807) is 30.3 Å².